The summed E-state index contributed by atoms with van der Waals surface area (Å²) >= 11 is 0. The SMILES string of the molecule is CCCS(=O)(=O)N1CCCC(C(=O)NCC2CCN(Cc3ccc(OC)cc3)CC2)C1. The predicted molar refractivity (Wildman–Crippen MR) is 122 cm³/mol. The summed E-state index contributed by atoms with van der Waals surface area (Å²) in [5.41, 5.74) is 1.28. The first kappa shape index (κ1) is 24.0. The van der Waals surface area contributed by atoms with Gasteiger partial charge >= 0.3 is 0 Å². The fourth-order valence-electron chi connectivity index (χ4n) is 4.52. The number of hydrogen-bond donors (Lipinski definition) is 1. The molecule has 2 saturated heterocycles. The van der Waals surface area contributed by atoms with Crippen LogP contribution in [-0.2, 0) is 21.4 Å². The smallest absolute Gasteiger partial charge is 0.224 e. The zero-order chi connectivity index (χ0) is 22.3. The van der Waals surface area contributed by atoms with E-state index in [1.807, 2.05) is 19.1 Å². The van der Waals surface area contributed by atoms with Crippen molar-refractivity contribution in [2.45, 2.75) is 45.6 Å². The lowest BCUT2D eigenvalue weighted by Crippen LogP contribution is -2.47. The highest BCUT2D eigenvalue weighted by Crippen LogP contribution is 2.22. The van der Waals surface area contributed by atoms with Gasteiger partial charge < -0.3 is 10.1 Å². The number of ether oxygens (including phenoxy) is 1. The molecule has 7 nitrogen and oxygen atoms in total. The molecule has 0 spiro atoms. The van der Waals surface area contributed by atoms with E-state index in [4.69, 9.17) is 4.74 Å². The van der Waals surface area contributed by atoms with Crippen molar-refractivity contribution < 1.29 is 17.9 Å². The van der Waals surface area contributed by atoms with E-state index < -0.39 is 10.0 Å². The van der Waals surface area contributed by atoms with Crippen molar-refractivity contribution in [3.63, 3.8) is 0 Å². The number of carbonyl (C=O) groups is 1. The second kappa shape index (κ2) is 11.3. The highest BCUT2D eigenvalue weighted by molar-refractivity contribution is 7.89. The summed E-state index contributed by atoms with van der Waals surface area (Å²) in [5.74, 6) is 1.31. The summed E-state index contributed by atoms with van der Waals surface area (Å²) in [6.07, 6.45) is 4.26. The molecule has 2 aliphatic rings. The molecule has 0 saturated carbocycles. The minimum Gasteiger partial charge on any atom is -0.497 e. The van der Waals surface area contributed by atoms with Gasteiger partial charge in [-0.15, -0.1) is 0 Å². The van der Waals surface area contributed by atoms with E-state index in [1.165, 1.54) is 9.87 Å². The lowest BCUT2D eigenvalue weighted by atomic mass is 9.95. The number of likely N-dealkylation sites (tertiary alicyclic amines) is 1. The van der Waals surface area contributed by atoms with Gasteiger partial charge in [0.1, 0.15) is 5.75 Å². The summed E-state index contributed by atoms with van der Waals surface area (Å²) in [6.45, 7) is 6.42. The van der Waals surface area contributed by atoms with Crippen LogP contribution in [0.2, 0.25) is 0 Å². The van der Waals surface area contributed by atoms with Crippen LogP contribution in [0, 0.1) is 11.8 Å². The number of methoxy groups -OCH3 is 1. The van der Waals surface area contributed by atoms with Crippen molar-refractivity contribution in [3.8, 4) is 5.75 Å². The zero-order valence-electron chi connectivity index (χ0n) is 18.9. The number of rotatable bonds is 9. The Morgan fingerprint density at radius 2 is 1.84 bits per heavy atom. The maximum absolute atomic E-state index is 12.7. The van der Waals surface area contributed by atoms with Gasteiger partial charge in [0.25, 0.3) is 0 Å². The zero-order valence-corrected chi connectivity index (χ0v) is 19.7. The van der Waals surface area contributed by atoms with E-state index in [0.29, 0.717) is 32.0 Å². The summed E-state index contributed by atoms with van der Waals surface area (Å²) in [6, 6.07) is 8.22. The Hall–Kier alpha value is -1.64. The molecule has 1 atom stereocenters. The third-order valence-corrected chi connectivity index (χ3v) is 8.49. The van der Waals surface area contributed by atoms with Gasteiger partial charge in [0, 0.05) is 26.2 Å². The number of nitrogens with one attached hydrogen (secondary N) is 1. The maximum atomic E-state index is 12.7. The summed E-state index contributed by atoms with van der Waals surface area (Å²) in [7, 11) is -1.55. The van der Waals surface area contributed by atoms with Crippen LogP contribution in [0.4, 0.5) is 0 Å². The molecular weight excluding hydrogens is 414 g/mol. The maximum Gasteiger partial charge on any atom is 0.224 e. The van der Waals surface area contributed by atoms with E-state index in [0.717, 1.165) is 51.1 Å². The molecular formula is C23H37N3O4S. The second-order valence-corrected chi connectivity index (χ2v) is 10.9. The van der Waals surface area contributed by atoms with Crippen molar-refractivity contribution in [2.24, 2.45) is 11.8 Å². The van der Waals surface area contributed by atoms with Crippen molar-refractivity contribution in [1.29, 1.82) is 0 Å². The third-order valence-electron chi connectivity index (χ3n) is 6.45. The highest BCUT2D eigenvalue weighted by Gasteiger charge is 2.32. The van der Waals surface area contributed by atoms with Crippen molar-refractivity contribution in [2.75, 3.05) is 45.6 Å². The number of carbonyl (C=O) groups excluding carboxylic acids is 1. The Labute approximate surface area is 187 Å². The monoisotopic (exact) mass is 451 g/mol. The number of piperidine rings is 2. The molecule has 0 aliphatic carbocycles. The number of benzene rings is 1. The van der Waals surface area contributed by atoms with Crippen LogP contribution in [0.5, 0.6) is 5.75 Å². The lowest BCUT2D eigenvalue weighted by Gasteiger charge is -2.33. The Balaban J connectivity index is 1.39. The van der Waals surface area contributed by atoms with Crippen LogP contribution in [0.15, 0.2) is 24.3 Å². The molecule has 1 unspecified atom stereocenters. The van der Waals surface area contributed by atoms with E-state index in [9.17, 15) is 13.2 Å². The summed E-state index contributed by atoms with van der Waals surface area (Å²) < 4.78 is 31.4. The molecule has 31 heavy (non-hydrogen) atoms. The van der Waals surface area contributed by atoms with Crippen LogP contribution in [0.25, 0.3) is 0 Å². The predicted octanol–water partition coefficient (Wildman–Crippen LogP) is 2.48. The standard InChI is InChI=1S/C23H37N3O4S/c1-3-15-31(28,29)26-12-4-5-21(18-26)23(27)24-16-19-10-13-25(14-11-19)17-20-6-8-22(30-2)9-7-20/h6-9,19,21H,3-5,10-18H2,1-2H3,(H,24,27). The molecule has 174 valence electrons. The Morgan fingerprint density at radius 3 is 2.48 bits per heavy atom. The molecule has 2 fully saturated rings. The number of hydrogen-bond acceptors (Lipinski definition) is 5. The molecule has 3 rings (SSSR count). The summed E-state index contributed by atoms with van der Waals surface area (Å²) in [5, 5.41) is 3.11. The van der Waals surface area contributed by atoms with Crippen LogP contribution >= 0.6 is 0 Å². The molecule has 1 aromatic carbocycles. The molecule has 2 heterocycles. The topological polar surface area (TPSA) is 79.0 Å². The first-order valence-corrected chi connectivity index (χ1v) is 13.1. The summed E-state index contributed by atoms with van der Waals surface area (Å²) in [4.78, 5) is 15.1. The fraction of sp³-hybridized carbons (Fsp3) is 0.696. The van der Waals surface area contributed by atoms with Gasteiger partial charge in [0.15, 0.2) is 0 Å². The first-order valence-electron chi connectivity index (χ1n) is 11.5. The molecule has 0 bridgehead atoms. The second-order valence-electron chi connectivity index (χ2n) is 8.83. The van der Waals surface area contributed by atoms with E-state index in [2.05, 4.69) is 22.3 Å². The van der Waals surface area contributed by atoms with Crippen LogP contribution in [-0.4, -0.2) is 69.1 Å². The van der Waals surface area contributed by atoms with Crippen molar-refractivity contribution in [3.05, 3.63) is 29.8 Å². The van der Waals surface area contributed by atoms with Crippen LogP contribution < -0.4 is 10.1 Å². The van der Waals surface area contributed by atoms with Gasteiger partial charge in [-0.25, -0.2) is 12.7 Å². The number of amides is 1. The van der Waals surface area contributed by atoms with Crippen LogP contribution in [0.3, 0.4) is 0 Å². The lowest BCUT2D eigenvalue weighted by molar-refractivity contribution is -0.126. The quantitative estimate of drug-likeness (QED) is 0.624. The molecule has 0 aromatic heterocycles. The average molecular weight is 452 g/mol. The molecule has 1 N–H and O–H groups in total. The molecule has 1 aromatic rings. The van der Waals surface area contributed by atoms with Gasteiger partial charge in [-0.05, 0) is 68.8 Å². The van der Waals surface area contributed by atoms with E-state index in [-0.39, 0.29) is 17.6 Å². The molecule has 1 amide bonds. The molecule has 2 aliphatic heterocycles. The Morgan fingerprint density at radius 1 is 1.13 bits per heavy atom. The van der Waals surface area contributed by atoms with E-state index in [1.54, 1.807) is 7.11 Å². The molecule has 8 heteroatoms. The van der Waals surface area contributed by atoms with Gasteiger partial charge in [-0.2, -0.15) is 0 Å². The molecule has 0 radical (unpaired) electrons. The van der Waals surface area contributed by atoms with Gasteiger partial charge in [0.05, 0.1) is 18.8 Å². The minimum atomic E-state index is -3.23. The van der Waals surface area contributed by atoms with Gasteiger partial charge in [-0.3, -0.25) is 9.69 Å². The van der Waals surface area contributed by atoms with Gasteiger partial charge in [0.2, 0.25) is 15.9 Å². The van der Waals surface area contributed by atoms with Crippen LogP contribution in [0.1, 0.15) is 44.6 Å². The highest BCUT2D eigenvalue weighted by atomic mass is 32.2. The van der Waals surface area contributed by atoms with Crippen molar-refractivity contribution >= 4 is 15.9 Å². The Kier molecular flexibility index (Phi) is 8.75. The number of nitrogens with zero attached hydrogens (tertiary/aromatic N) is 2. The largest absolute Gasteiger partial charge is 0.497 e. The van der Waals surface area contributed by atoms with E-state index >= 15 is 0 Å². The van der Waals surface area contributed by atoms with Crippen molar-refractivity contribution in [1.82, 2.24) is 14.5 Å². The number of sulfonamides is 1. The third kappa shape index (κ3) is 6.92. The Bertz CT molecular complexity index is 805. The van der Waals surface area contributed by atoms with Gasteiger partial charge in [-0.1, -0.05) is 19.1 Å². The fourth-order valence-corrected chi connectivity index (χ4v) is 6.11. The average Bonchev–Trinajstić information content (AvgIpc) is 2.79. The normalized spacial score (nSPS) is 21.7. The first-order chi connectivity index (χ1) is 14.9. The minimum absolute atomic E-state index is 0.0112.